The predicted molar refractivity (Wildman–Crippen MR) is 55.7 cm³/mol. The minimum absolute atomic E-state index is 0. The van der Waals surface area contributed by atoms with Crippen molar-refractivity contribution in [3.63, 3.8) is 0 Å². The topological polar surface area (TPSA) is 3.24 Å². The van der Waals surface area contributed by atoms with Crippen LogP contribution in [0.4, 0.5) is 0 Å². The summed E-state index contributed by atoms with van der Waals surface area (Å²) in [5.41, 5.74) is 0.0556. The Morgan fingerprint density at radius 2 is 2.20 bits per heavy atom. The maximum Gasteiger partial charge on any atom is 0.122 e. The zero-order chi connectivity index (χ0) is 6.69. The summed E-state index contributed by atoms with van der Waals surface area (Å²) in [6, 6.07) is 0. The molecule has 0 amide bonds. The Hall–Kier alpha value is 0.300. The van der Waals surface area contributed by atoms with Gasteiger partial charge in [0.15, 0.2) is 0 Å². The molecule has 58 valence electrons. The van der Waals surface area contributed by atoms with E-state index in [1.807, 2.05) is 24.4 Å². The second kappa shape index (κ2) is 5.02. The van der Waals surface area contributed by atoms with Crippen LogP contribution in [-0.2, 0) is 0 Å². The van der Waals surface area contributed by atoms with E-state index in [4.69, 9.17) is 11.6 Å². The minimum Gasteiger partial charge on any atom is -0.358 e. The van der Waals surface area contributed by atoms with E-state index in [9.17, 15) is 0 Å². The second-order valence-electron chi connectivity index (χ2n) is 1.93. The Morgan fingerprint density at radius 3 is 2.60 bits per heavy atom. The highest BCUT2D eigenvalue weighted by atomic mass is 127. The molecule has 0 N–H and O–H groups in total. The zero-order valence-electron chi connectivity index (χ0n) is 5.83. The molecule has 0 bridgehead atoms. The van der Waals surface area contributed by atoms with Gasteiger partial charge in [-0.25, -0.2) is 0 Å². The van der Waals surface area contributed by atoms with Gasteiger partial charge in [-0.2, -0.15) is 0 Å². The molecule has 0 radical (unpaired) electrons. The van der Waals surface area contributed by atoms with Crippen LogP contribution < -0.4 is 0 Å². The summed E-state index contributed by atoms with van der Waals surface area (Å²) in [5, 5.41) is 0. The zero-order valence-corrected chi connectivity index (χ0v) is 8.91. The van der Waals surface area contributed by atoms with E-state index >= 15 is 0 Å². The number of rotatable bonds is 1. The molecule has 10 heavy (non-hydrogen) atoms. The first-order chi connectivity index (χ1) is 4.34. The van der Waals surface area contributed by atoms with Crippen molar-refractivity contribution in [3.05, 3.63) is 24.4 Å². The number of hydrogen-bond acceptors (Lipinski definition) is 1. The van der Waals surface area contributed by atoms with Crippen LogP contribution in [0.1, 0.15) is 6.92 Å². The number of hydrogen-bond donors (Lipinski definition) is 0. The average molecular weight is 272 g/mol. The van der Waals surface area contributed by atoms with Crippen LogP contribution in [-0.4, -0.2) is 16.9 Å². The van der Waals surface area contributed by atoms with Crippen molar-refractivity contribution >= 4 is 35.6 Å². The van der Waals surface area contributed by atoms with Gasteiger partial charge in [-0.1, -0.05) is 17.7 Å². The first-order valence-corrected chi connectivity index (χ1v) is 3.53. The molecular formula is C7H11ClIN. The maximum absolute atomic E-state index is 5.87. The van der Waals surface area contributed by atoms with Gasteiger partial charge >= 0.3 is 0 Å². The standard InChI is InChI=1S/C7H10ClN.HI/c1-2-9-6-4-3-5-7(9)8;/h3-7H,2H2,1H3;1H. The van der Waals surface area contributed by atoms with E-state index in [1.54, 1.807) is 0 Å². The number of nitrogens with zero attached hydrogens (tertiary/aromatic N) is 1. The molecule has 1 rings (SSSR count). The fourth-order valence-electron chi connectivity index (χ4n) is 0.789. The molecule has 0 aromatic rings. The van der Waals surface area contributed by atoms with Gasteiger partial charge in [-0.3, -0.25) is 0 Å². The SMILES string of the molecule is CCN1C=CC=CC1Cl.I. The Morgan fingerprint density at radius 1 is 1.50 bits per heavy atom. The monoisotopic (exact) mass is 271 g/mol. The molecule has 1 heterocycles. The van der Waals surface area contributed by atoms with Crippen molar-refractivity contribution in [2.24, 2.45) is 0 Å². The van der Waals surface area contributed by atoms with Crippen molar-refractivity contribution in [3.8, 4) is 0 Å². The van der Waals surface area contributed by atoms with Crippen molar-refractivity contribution in [1.29, 1.82) is 0 Å². The van der Waals surface area contributed by atoms with Crippen LogP contribution in [0.15, 0.2) is 24.4 Å². The molecule has 0 aromatic carbocycles. The lowest BCUT2D eigenvalue weighted by Gasteiger charge is -2.23. The van der Waals surface area contributed by atoms with Gasteiger partial charge in [-0.15, -0.1) is 24.0 Å². The molecule has 0 saturated carbocycles. The lowest BCUT2D eigenvalue weighted by molar-refractivity contribution is 0.403. The Kier molecular flexibility index (Phi) is 5.17. The van der Waals surface area contributed by atoms with Gasteiger partial charge < -0.3 is 4.90 Å². The van der Waals surface area contributed by atoms with Crippen LogP contribution in [0.2, 0.25) is 0 Å². The van der Waals surface area contributed by atoms with Gasteiger partial charge in [-0.05, 0) is 19.1 Å². The fourth-order valence-corrected chi connectivity index (χ4v) is 1.08. The number of alkyl halides is 1. The van der Waals surface area contributed by atoms with Gasteiger partial charge in [0, 0.05) is 12.7 Å². The maximum atomic E-state index is 5.87. The van der Waals surface area contributed by atoms with Gasteiger partial charge in [0.25, 0.3) is 0 Å². The molecule has 1 unspecified atom stereocenters. The molecule has 0 fully saturated rings. The van der Waals surface area contributed by atoms with Crippen molar-refractivity contribution in [1.82, 2.24) is 4.90 Å². The van der Waals surface area contributed by atoms with Crippen LogP contribution in [0, 0.1) is 0 Å². The molecule has 1 aliphatic rings. The third kappa shape index (κ3) is 2.50. The summed E-state index contributed by atoms with van der Waals surface area (Å²) in [5.74, 6) is 0. The lowest BCUT2D eigenvalue weighted by atomic mass is 10.3. The van der Waals surface area contributed by atoms with Crippen molar-refractivity contribution in [2.75, 3.05) is 6.54 Å². The molecule has 1 atom stereocenters. The molecule has 0 spiro atoms. The molecular weight excluding hydrogens is 260 g/mol. The van der Waals surface area contributed by atoms with Crippen molar-refractivity contribution < 1.29 is 0 Å². The molecule has 1 nitrogen and oxygen atoms in total. The van der Waals surface area contributed by atoms with Gasteiger partial charge in [0.1, 0.15) is 5.50 Å². The van der Waals surface area contributed by atoms with Crippen LogP contribution in [0.5, 0.6) is 0 Å². The van der Waals surface area contributed by atoms with Crippen LogP contribution in [0.3, 0.4) is 0 Å². The van der Waals surface area contributed by atoms with E-state index in [1.165, 1.54) is 0 Å². The smallest absolute Gasteiger partial charge is 0.122 e. The fraction of sp³-hybridized carbons (Fsp3) is 0.429. The van der Waals surface area contributed by atoms with E-state index < -0.39 is 0 Å². The minimum atomic E-state index is 0. The summed E-state index contributed by atoms with van der Waals surface area (Å²) in [7, 11) is 0. The first kappa shape index (κ1) is 10.3. The van der Waals surface area contributed by atoms with Gasteiger partial charge in [0.05, 0.1) is 0 Å². The highest BCUT2D eigenvalue weighted by Gasteiger charge is 2.06. The average Bonchev–Trinajstić information content (AvgIpc) is 1.89. The summed E-state index contributed by atoms with van der Waals surface area (Å²) < 4.78 is 0. The third-order valence-electron chi connectivity index (χ3n) is 1.34. The molecule has 0 saturated heterocycles. The largest absolute Gasteiger partial charge is 0.358 e. The molecule has 0 aromatic heterocycles. The number of halogens is 2. The van der Waals surface area contributed by atoms with Crippen LogP contribution >= 0.6 is 35.6 Å². The summed E-state index contributed by atoms with van der Waals surface area (Å²) >= 11 is 5.87. The number of likely N-dealkylation sites (N-methyl/N-ethyl adjacent to an activating group) is 1. The van der Waals surface area contributed by atoms with E-state index in [0.29, 0.717) is 0 Å². The normalized spacial score (nSPS) is 22.6. The molecule has 1 aliphatic heterocycles. The number of allylic oxidation sites excluding steroid dienone is 2. The van der Waals surface area contributed by atoms with Crippen molar-refractivity contribution in [2.45, 2.75) is 12.4 Å². The summed E-state index contributed by atoms with van der Waals surface area (Å²) in [4.78, 5) is 2.06. The molecule has 3 heteroatoms. The summed E-state index contributed by atoms with van der Waals surface area (Å²) in [6.45, 7) is 3.05. The molecule has 0 aliphatic carbocycles. The second-order valence-corrected chi connectivity index (χ2v) is 2.38. The lowest BCUT2D eigenvalue weighted by Crippen LogP contribution is -2.25. The van der Waals surface area contributed by atoms with Gasteiger partial charge in [0.2, 0.25) is 0 Å². The predicted octanol–water partition coefficient (Wildman–Crippen LogP) is 2.57. The Labute approximate surface area is 83.8 Å². The first-order valence-electron chi connectivity index (χ1n) is 3.09. The summed E-state index contributed by atoms with van der Waals surface area (Å²) in [6.07, 6.45) is 7.91. The highest BCUT2D eigenvalue weighted by Crippen LogP contribution is 2.10. The van der Waals surface area contributed by atoms with E-state index in [2.05, 4.69) is 11.8 Å². The highest BCUT2D eigenvalue weighted by molar-refractivity contribution is 14.0. The Balaban J connectivity index is 0.000000810. The third-order valence-corrected chi connectivity index (χ3v) is 1.74. The van der Waals surface area contributed by atoms with Crippen LogP contribution in [0.25, 0.3) is 0 Å². The van der Waals surface area contributed by atoms with E-state index in [0.717, 1.165) is 6.54 Å². The quantitative estimate of drug-likeness (QED) is 0.402. The Bertz CT molecular complexity index is 145. The van der Waals surface area contributed by atoms with E-state index in [-0.39, 0.29) is 29.5 Å².